The van der Waals surface area contributed by atoms with Crippen LogP contribution in [0.3, 0.4) is 0 Å². The van der Waals surface area contributed by atoms with Crippen molar-refractivity contribution in [2.24, 2.45) is 11.5 Å². The molecule has 1 aromatic rings. The molecule has 0 radical (unpaired) electrons. The number of aromatic amines is 1. The molecule has 0 aromatic carbocycles. The average molecular weight is 195 g/mol. The first-order valence-electron chi connectivity index (χ1n) is 3.64. The summed E-state index contributed by atoms with van der Waals surface area (Å²) in [4.78, 5) is 25.0. The number of hydrogen-bond acceptors (Lipinski definition) is 3. The van der Waals surface area contributed by atoms with Gasteiger partial charge in [0, 0.05) is 18.3 Å². The molecule has 0 bridgehead atoms. The molecule has 7 nitrogen and oxygen atoms in total. The number of primary amides is 1. The number of nitrogens with one attached hydrogen (secondary N) is 2. The van der Waals surface area contributed by atoms with E-state index >= 15 is 0 Å². The lowest BCUT2D eigenvalue weighted by atomic mass is 10.4. The van der Waals surface area contributed by atoms with Gasteiger partial charge in [-0.3, -0.25) is 10.2 Å². The molecule has 0 atom stereocenters. The highest BCUT2D eigenvalue weighted by Crippen LogP contribution is 2.04. The van der Waals surface area contributed by atoms with E-state index < -0.39 is 12.0 Å². The van der Waals surface area contributed by atoms with E-state index in [1.54, 1.807) is 0 Å². The van der Waals surface area contributed by atoms with E-state index in [0.29, 0.717) is 4.90 Å². The van der Waals surface area contributed by atoms with Crippen molar-refractivity contribution in [3.63, 3.8) is 0 Å². The van der Waals surface area contributed by atoms with Gasteiger partial charge in [0.25, 0.3) is 0 Å². The van der Waals surface area contributed by atoms with Crippen molar-refractivity contribution in [2.45, 2.75) is 0 Å². The van der Waals surface area contributed by atoms with Gasteiger partial charge in [0.15, 0.2) is 5.43 Å². The number of aromatic nitrogens is 1. The maximum atomic E-state index is 10.9. The fourth-order valence-electron chi connectivity index (χ4n) is 0.930. The molecule has 0 aliphatic rings. The SMILES string of the molecule is N=C(N)N(C(N)=O)c1cc(=O)cc[nH]1. The number of guanidine groups is 1. The molecule has 0 saturated carbocycles. The lowest BCUT2D eigenvalue weighted by molar-refractivity contribution is 0.256. The molecule has 1 aromatic heterocycles. The van der Waals surface area contributed by atoms with Crippen molar-refractivity contribution in [1.82, 2.24) is 4.98 Å². The number of nitrogens with two attached hydrogens (primary N) is 2. The van der Waals surface area contributed by atoms with Gasteiger partial charge in [0.05, 0.1) is 0 Å². The Morgan fingerprint density at radius 3 is 2.57 bits per heavy atom. The van der Waals surface area contributed by atoms with Crippen LogP contribution in [-0.2, 0) is 0 Å². The molecule has 2 amide bonds. The second-order valence-electron chi connectivity index (χ2n) is 2.47. The minimum Gasteiger partial charge on any atom is -0.369 e. The Morgan fingerprint density at radius 2 is 2.14 bits per heavy atom. The van der Waals surface area contributed by atoms with Crippen LogP contribution in [0, 0.1) is 5.41 Å². The van der Waals surface area contributed by atoms with E-state index in [0.717, 1.165) is 6.07 Å². The lowest BCUT2D eigenvalue weighted by Crippen LogP contribution is -2.45. The van der Waals surface area contributed by atoms with Crippen LogP contribution in [0.25, 0.3) is 0 Å². The van der Waals surface area contributed by atoms with Crippen molar-refractivity contribution < 1.29 is 4.79 Å². The third-order valence-corrected chi connectivity index (χ3v) is 1.46. The molecule has 0 aliphatic carbocycles. The maximum absolute atomic E-state index is 10.9. The second-order valence-corrected chi connectivity index (χ2v) is 2.47. The van der Waals surface area contributed by atoms with Gasteiger partial charge >= 0.3 is 6.03 Å². The van der Waals surface area contributed by atoms with Crippen molar-refractivity contribution in [3.05, 3.63) is 28.6 Å². The zero-order valence-electron chi connectivity index (χ0n) is 7.15. The summed E-state index contributed by atoms with van der Waals surface area (Å²) >= 11 is 0. The van der Waals surface area contributed by atoms with Crippen LogP contribution in [0.5, 0.6) is 0 Å². The Balaban J connectivity index is 3.18. The summed E-state index contributed by atoms with van der Waals surface area (Å²) in [7, 11) is 0. The van der Waals surface area contributed by atoms with Crippen molar-refractivity contribution in [1.29, 1.82) is 5.41 Å². The van der Waals surface area contributed by atoms with Gasteiger partial charge in [-0.2, -0.15) is 0 Å². The molecule has 7 heteroatoms. The van der Waals surface area contributed by atoms with E-state index in [-0.39, 0.29) is 11.2 Å². The van der Waals surface area contributed by atoms with Crippen LogP contribution < -0.4 is 21.8 Å². The van der Waals surface area contributed by atoms with E-state index in [2.05, 4.69) is 4.98 Å². The highest BCUT2D eigenvalue weighted by molar-refractivity contribution is 6.12. The Labute approximate surface area is 78.8 Å². The lowest BCUT2D eigenvalue weighted by Gasteiger charge is -2.16. The van der Waals surface area contributed by atoms with Crippen LogP contribution in [0.2, 0.25) is 0 Å². The molecular weight excluding hydrogens is 186 g/mol. The minimum atomic E-state index is -0.931. The van der Waals surface area contributed by atoms with Crippen LogP contribution in [-0.4, -0.2) is 17.0 Å². The number of rotatable bonds is 1. The molecule has 14 heavy (non-hydrogen) atoms. The van der Waals surface area contributed by atoms with Gasteiger partial charge < -0.3 is 16.5 Å². The number of nitrogens with zero attached hydrogens (tertiary/aromatic N) is 1. The fourth-order valence-corrected chi connectivity index (χ4v) is 0.930. The third-order valence-electron chi connectivity index (χ3n) is 1.46. The summed E-state index contributed by atoms with van der Waals surface area (Å²) in [5.41, 5.74) is 9.76. The molecule has 0 fully saturated rings. The number of urea groups is 1. The first-order chi connectivity index (χ1) is 6.52. The molecule has 0 aliphatic heterocycles. The topological polar surface area (TPSA) is 129 Å². The Kier molecular flexibility index (Phi) is 2.52. The van der Waals surface area contributed by atoms with Crippen LogP contribution in [0.15, 0.2) is 23.1 Å². The number of anilines is 1. The normalized spacial score (nSPS) is 9.43. The minimum absolute atomic E-state index is 0.0671. The Morgan fingerprint density at radius 1 is 1.50 bits per heavy atom. The average Bonchev–Trinajstić information content (AvgIpc) is 2.02. The monoisotopic (exact) mass is 195 g/mol. The fraction of sp³-hybridized carbons (Fsp3) is 0. The second kappa shape index (κ2) is 3.60. The first kappa shape index (κ1) is 9.78. The summed E-state index contributed by atoms with van der Waals surface area (Å²) < 4.78 is 0. The molecule has 1 heterocycles. The summed E-state index contributed by atoms with van der Waals surface area (Å²) in [6, 6.07) is 1.45. The van der Waals surface area contributed by atoms with Crippen LogP contribution >= 0.6 is 0 Å². The van der Waals surface area contributed by atoms with E-state index in [9.17, 15) is 9.59 Å². The molecule has 1 rings (SSSR count). The predicted octanol–water partition coefficient (Wildman–Crippen LogP) is -0.847. The third kappa shape index (κ3) is 1.89. The van der Waals surface area contributed by atoms with Gasteiger partial charge in [0.1, 0.15) is 5.82 Å². The number of amides is 2. The quantitative estimate of drug-likeness (QED) is 0.344. The van der Waals surface area contributed by atoms with Crippen LogP contribution in [0.1, 0.15) is 0 Å². The number of pyridine rings is 1. The van der Waals surface area contributed by atoms with Gasteiger partial charge in [-0.1, -0.05) is 0 Å². The van der Waals surface area contributed by atoms with Crippen LogP contribution in [0.4, 0.5) is 10.6 Å². The van der Waals surface area contributed by atoms with E-state index in [4.69, 9.17) is 16.9 Å². The standard InChI is InChI=1S/C7H9N5O2/c8-6(9)12(7(10)14)5-3-4(13)1-2-11-5/h1-3H,(H3,8,9)(H2,10,14)(H,11,13). The molecule has 0 spiro atoms. The summed E-state index contributed by atoms with van der Waals surface area (Å²) in [5, 5.41) is 7.07. The molecule has 0 saturated heterocycles. The van der Waals surface area contributed by atoms with Gasteiger partial charge in [-0.05, 0) is 0 Å². The van der Waals surface area contributed by atoms with Crippen molar-refractivity contribution in [3.8, 4) is 0 Å². The smallest absolute Gasteiger partial charge is 0.327 e. The molecule has 0 unspecified atom stereocenters. The molecule has 6 N–H and O–H groups in total. The van der Waals surface area contributed by atoms with Gasteiger partial charge in [-0.25, -0.2) is 9.69 Å². The Bertz CT molecular complexity index is 410. The van der Waals surface area contributed by atoms with Gasteiger partial charge in [0.2, 0.25) is 5.96 Å². The maximum Gasteiger partial charge on any atom is 0.327 e. The van der Waals surface area contributed by atoms with Crippen molar-refractivity contribution >= 4 is 17.8 Å². The molecular formula is C7H9N5O2. The summed E-state index contributed by atoms with van der Waals surface area (Å²) in [5.74, 6) is -0.489. The van der Waals surface area contributed by atoms with E-state index in [1.165, 1.54) is 12.3 Å². The molecule has 74 valence electrons. The Hall–Kier alpha value is -2.31. The number of carbonyl (C=O) groups excluding carboxylic acids is 1. The van der Waals surface area contributed by atoms with Crippen molar-refractivity contribution in [2.75, 3.05) is 4.90 Å². The summed E-state index contributed by atoms with van der Waals surface area (Å²) in [6.07, 6.45) is 1.33. The highest BCUT2D eigenvalue weighted by Gasteiger charge is 2.15. The largest absolute Gasteiger partial charge is 0.369 e. The van der Waals surface area contributed by atoms with E-state index in [1.807, 2.05) is 0 Å². The summed E-state index contributed by atoms with van der Waals surface area (Å²) in [6.45, 7) is 0. The number of H-pyrrole nitrogens is 1. The zero-order valence-corrected chi connectivity index (χ0v) is 7.15. The van der Waals surface area contributed by atoms with Gasteiger partial charge in [-0.15, -0.1) is 0 Å². The zero-order chi connectivity index (χ0) is 10.7. The highest BCUT2D eigenvalue weighted by atomic mass is 16.2. The number of hydrogen-bond donors (Lipinski definition) is 4. The predicted molar refractivity (Wildman–Crippen MR) is 51.0 cm³/mol. The first-order valence-corrected chi connectivity index (χ1v) is 3.64. The number of carbonyl (C=O) groups is 1.